The van der Waals surface area contributed by atoms with Gasteiger partial charge >= 0.3 is 0 Å². The summed E-state index contributed by atoms with van der Waals surface area (Å²) >= 11 is 15.1. The topological polar surface area (TPSA) is 78.8 Å². The van der Waals surface area contributed by atoms with Crippen molar-refractivity contribution in [1.29, 1.82) is 0 Å². The fourth-order valence-corrected chi connectivity index (χ4v) is 4.60. The molecule has 0 aliphatic rings. The summed E-state index contributed by atoms with van der Waals surface area (Å²) in [7, 11) is -3.95. The number of amides is 1. The molecular weight excluding hydrogens is 537 g/mol. The minimum Gasteiger partial charge on any atom is -0.272 e. The molecule has 1 amide bonds. The minimum absolute atomic E-state index is 0.0100. The van der Waals surface area contributed by atoms with E-state index in [1.807, 2.05) is 0 Å². The van der Waals surface area contributed by atoms with Crippen molar-refractivity contribution in [2.24, 2.45) is 5.10 Å². The first-order valence-corrected chi connectivity index (χ1v) is 12.3. The van der Waals surface area contributed by atoms with E-state index in [4.69, 9.17) is 23.2 Å². The van der Waals surface area contributed by atoms with Crippen LogP contribution in [0.5, 0.6) is 0 Å². The van der Waals surface area contributed by atoms with Gasteiger partial charge in [-0.2, -0.15) is 9.41 Å². The Balaban J connectivity index is 1.78. The van der Waals surface area contributed by atoms with Crippen LogP contribution in [0.15, 0.2) is 87.3 Å². The van der Waals surface area contributed by atoms with Crippen molar-refractivity contribution in [2.45, 2.75) is 11.4 Å². The monoisotopic (exact) mass is 553 g/mol. The van der Waals surface area contributed by atoms with Gasteiger partial charge in [0.15, 0.2) is 0 Å². The molecule has 3 aromatic carbocycles. The average Bonchev–Trinajstić information content (AvgIpc) is 2.76. The average molecular weight is 555 g/mol. The standard InChI is InChI=1S/C22H18BrCl2N3O3S/c23-18-5-11-21(12-6-18)32(30,31)28(14-17-3-9-20(25)10-4-17)15-22(29)27-26-13-16-1-7-19(24)8-2-16/h1-13H,14-15H2,(H,27,29)/b26-13-. The summed E-state index contributed by atoms with van der Waals surface area (Å²) in [5.41, 5.74) is 3.79. The first kappa shape index (κ1) is 24.4. The maximum absolute atomic E-state index is 13.2. The van der Waals surface area contributed by atoms with E-state index in [9.17, 15) is 13.2 Å². The van der Waals surface area contributed by atoms with E-state index in [-0.39, 0.29) is 11.4 Å². The van der Waals surface area contributed by atoms with Crippen LogP contribution in [-0.2, 0) is 21.4 Å². The molecule has 0 bridgehead atoms. The molecule has 166 valence electrons. The van der Waals surface area contributed by atoms with Crippen LogP contribution in [-0.4, -0.2) is 31.4 Å². The summed E-state index contributed by atoms with van der Waals surface area (Å²) in [5, 5.41) is 5.01. The number of carbonyl (C=O) groups is 1. The number of benzene rings is 3. The zero-order chi connectivity index (χ0) is 23.1. The van der Waals surface area contributed by atoms with Gasteiger partial charge in [0, 0.05) is 21.1 Å². The Morgan fingerprint density at radius 1 is 0.938 bits per heavy atom. The van der Waals surface area contributed by atoms with Crippen molar-refractivity contribution in [1.82, 2.24) is 9.73 Å². The minimum atomic E-state index is -3.95. The fourth-order valence-electron chi connectivity index (χ4n) is 2.70. The zero-order valence-electron chi connectivity index (χ0n) is 16.6. The Kier molecular flexibility index (Phi) is 8.44. The molecule has 0 saturated carbocycles. The number of hydrogen-bond donors (Lipinski definition) is 1. The molecular formula is C22H18BrCl2N3O3S. The van der Waals surface area contributed by atoms with Gasteiger partial charge in [-0.1, -0.05) is 63.4 Å². The highest BCUT2D eigenvalue weighted by atomic mass is 79.9. The van der Waals surface area contributed by atoms with E-state index in [2.05, 4.69) is 26.5 Å². The van der Waals surface area contributed by atoms with Gasteiger partial charge in [-0.05, 0) is 59.7 Å². The molecule has 0 radical (unpaired) electrons. The van der Waals surface area contributed by atoms with Crippen molar-refractivity contribution < 1.29 is 13.2 Å². The third-order valence-corrected chi connectivity index (χ3v) is 7.15. The number of hydrogen-bond acceptors (Lipinski definition) is 4. The molecule has 0 unspecified atom stereocenters. The van der Waals surface area contributed by atoms with Crippen LogP contribution in [0.25, 0.3) is 0 Å². The SMILES string of the molecule is O=C(CN(Cc1ccc(Cl)cc1)S(=O)(=O)c1ccc(Br)cc1)N/N=C\c1ccc(Cl)cc1. The largest absolute Gasteiger partial charge is 0.272 e. The summed E-state index contributed by atoms with van der Waals surface area (Å²) in [6, 6.07) is 19.8. The van der Waals surface area contributed by atoms with Gasteiger partial charge in [0.25, 0.3) is 5.91 Å². The third-order valence-electron chi connectivity index (χ3n) is 4.32. The molecule has 3 rings (SSSR count). The Bertz CT molecular complexity index is 1200. The normalized spacial score (nSPS) is 11.8. The smallest absolute Gasteiger partial charge is 0.255 e. The molecule has 6 nitrogen and oxygen atoms in total. The van der Waals surface area contributed by atoms with E-state index in [1.54, 1.807) is 60.7 Å². The predicted molar refractivity (Wildman–Crippen MR) is 130 cm³/mol. The van der Waals surface area contributed by atoms with E-state index in [0.29, 0.717) is 15.6 Å². The summed E-state index contributed by atoms with van der Waals surface area (Å²) in [6.07, 6.45) is 1.45. The number of halogens is 3. The van der Waals surface area contributed by atoms with Gasteiger partial charge in [-0.15, -0.1) is 0 Å². The third kappa shape index (κ3) is 6.88. The lowest BCUT2D eigenvalue weighted by Gasteiger charge is -2.21. The van der Waals surface area contributed by atoms with Crippen LogP contribution < -0.4 is 5.43 Å². The second kappa shape index (κ2) is 11.1. The van der Waals surface area contributed by atoms with Crippen molar-refractivity contribution in [3.05, 3.63) is 98.4 Å². The van der Waals surface area contributed by atoms with Gasteiger partial charge in [0.2, 0.25) is 10.0 Å². The first-order chi connectivity index (χ1) is 15.2. The molecule has 32 heavy (non-hydrogen) atoms. The lowest BCUT2D eigenvalue weighted by molar-refractivity contribution is -0.121. The second-order valence-electron chi connectivity index (χ2n) is 6.70. The van der Waals surface area contributed by atoms with Crippen LogP contribution in [0.1, 0.15) is 11.1 Å². The van der Waals surface area contributed by atoms with E-state index >= 15 is 0 Å². The lowest BCUT2D eigenvalue weighted by Crippen LogP contribution is -2.39. The number of rotatable bonds is 8. The Hall–Kier alpha value is -2.23. The lowest BCUT2D eigenvalue weighted by atomic mass is 10.2. The Labute approximate surface area is 205 Å². The van der Waals surface area contributed by atoms with E-state index in [0.717, 1.165) is 14.3 Å². The van der Waals surface area contributed by atoms with Crippen molar-refractivity contribution in [3.63, 3.8) is 0 Å². The van der Waals surface area contributed by atoms with Crippen molar-refractivity contribution in [2.75, 3.05) is 6.54 Å². The van der Waals surface area contributed by atoms with E-state index < -0.39 is 22.5 Å². The molecule has 10 heteroatoms. The van der Waals surface area contributed by atoms with Gasteiger partial charge in [-0.25, -0.2) is 13.8 Å². The van der Waals surface area contributed by atoms with Gasteiger partial charge < -0.3 is 0 Å². The number of sulfonamides is 1. The highest BCUT2D eigenvalue weighted by molar-refractivity contribution is 9.10. The maximum Gasteiger partial charge on any atom is 0.255 e. The molecule has 0 atom stereocenters. The highest BCUT2D eigenvalue weighted by Gasteiger charge is 2.27. The van der Waals surface area contributed by atoms with Crippen LogP contribution in [0.2, 0.25) is 10.0 Å². The van der Waals surface area contributed by atoms with Crippen molar-refractivity contribution in [3.8, 4) is 0 Å². The highest BCUT2D eigenvalue weighted by Crippen LogP contribution is 2.21. The van der Waals surface area contributed by atoms with E-state index in [1.165, 1.54) is 18.3 Å². The Morgan fingerprint density at radius 3 is 2.09 bits per heavy atom. The van der Waals surface area contributed by atoms with Crippen LogP contribution in [0, 0.1) is 0 Å². The quantitative estimate of drug-likeness (QED) is 0.311. The predicted octanol–water partition coefficient (Wildman–Crippen LogP) is 5.10. The maximum atomic E-state index is 13.2. The van der Waals surface area contributed by atoms with Crippen LogP contribution in [0.3, 0.4) is 0 Å². The number of nitrogens with zero attached hydrogens (tertiary/aromatic N) is 2. The second-order valence-corrected chi connectivity index (χ2v) is 10.4. The summed E-state index contributed by atoms with van der Waals surface area (Å²) in [5.74, 6) is -0.579. The number of nitrogens with one attached hydrogen (secondary N) is 1. The molecule has 0 heterocycles. The molecule has 0 aliphatic carbocycles. The molecule has 0 spiro atoms. The van der Waals surface area contributed by atoms with Gasteiger partial charge in [-0.3, -0.25) is 4.79 Å². The Morgan fingerprint density at radius 2 is 1.50 bits per heavy atom. The molecule has 0 aliphatic heterocycles. The number of carbonyl (C=O) groups excluding carboxylic acids is 1. The molecule has 0 saturated heterocycles. The molecule has 0 aromatic heterocycles. The molecule has 3 aromatic rings. The fraction of sp³-hybridized carbons (Fsp3) is 0.0909. The molecule has 0 fully saturated rings. The summed E-state index contributed by atoms with van der Waals surface area (Å²) in [4.78, 5) is 12.6. The summed E-state index contributed by atoms with van der Waals surface area (Å²) in [6.45, 7) is -0.428. The summed E-state index contributed by atoms with van der Waals surface area (Å²) < 4.78 is 28.3. The number of hydrazone groups is 1. The van der Waals surface area contributed by atoms with Crippen LogP contribution >= 0.6 is 39.1 Å². The van der Waals surface area contributed by atoms with Crippen LogP contribution in [0.4, 0.5) is 0 Å². The zero-order valence-corrected chi connectivity index (χ0v) is 20.5. The first-order valence-electron chi connectivity index (χ1n) is 9.32. The molecule has 1 N–H and O–H groups in total. The van der Waals surface area contributed by atoms with Gasteiger partial charge in [0.05, 0.1) is 17.7 Å². The van der Waals surface area contributed by atoms with Gasteiger partial charge in [0.1, 0.15) is 0 Å². The van der Waals surface area contributed by atoms with Crippen molar-refractivity contribution >= 4 is 61.3 Å².